The zero-order chi connectivity index (χ0) is 30.5. The monoisotopic (exact) mass is 592 g/mol. The molecule has 4 heterocycles. The largest absolute Gasteiger partial charge is 0.378 e. The molecule has 11 nitrogen and oxygen atoms in total. The number of hydrogen-bond donors (Lipinski definition) is 3. The molecular weight excluding hydrogens is 556 g/mol. The Morgan fingerprint density at radius 3 is 2.61 bits per heavy atom. The lowest BCUT2D eigenvalue weighted by Gasteiger charge is -2.28. The fourth-order valence-corrected chi connectivity index (χ4v) is 5.49. The number of amides is 3. The molecule has 11 heteroatoms. The molecule has 1 saturated heterocycles. The maximum atomic E-state index is 13.0. The van der Waals surface area contributed by atoms with Crippen LogP contribution in [0.5, 0.6) is 0 Å². The Labute approximate surface area is 256 Å². The van der Waals surface area contributed by atoms with Gasteiger partial charge in [-0.05, 0) is 48.7 Å². The van der Waals surface area contributed by atoms with Crippen molar-refractivity contribution in [1.29, 1.82) is 0 Å². The summed E-state index contributed by atoms with van der Waals surface area (Å²) in [6.45, 7) is 6.86. The summed E-state index contributed by atoms with van der Waals surface area (Å²) in [4.78, 5) is 40.9. The molecule has 225 valence electrons. The van der Waals surface area contributed by atoms with E-state index >= 15 is 0 Å². The van der Waals surface area contributed by atoms with Crippen LogP contribution in [0.2, 0.25) is 0 Å². The predicted molar refractivity (Wildman–Crippen MR) is 172 cm³/mol. The Bertz CT molecular complexity index is 1600. The summed E-state index contributed by atoms with van der Waals surface area (Å²) in [6.07, 6.45) is 8.05. The van der Waals surface area contributed by atoms with Gasteiger partial charge in [0.1, 0.15) is 11.5 Å². The number of fused-ring (bicyclic) bond motifs is 1. The molecule has 1 atom stereocenters. The third kappa shape index (κ3) is 6.34. The van der Waals surface area contributed by atoms with Gasteiger partial charge in [-0.15, -0.1) is 0 Å². The van der Waals surface area contributed by atoms with Crippen LogP contribution in [0.25, 0.3) is 0 Å². The van der Waals surface area contributed by atoms with Crippen molar-refractivity contribution in [3.05, 3.63) is 108 Å². The van der Waals surface area contributed by atoms with Gasteiger partial charge in [0.2, 0.25) is 6.67 Å². The van der Waals surface area contributed by atoms with E-state index < -0.39 is 0 Å². The second-order valence-electron chi connectivity index (χ2n) is 10.8. The highest BCUT2D eigenvalue weighted by atomic mass is 16.5. The quantitative estimate of drug-likeness (QED) is 0.321. The smallest absolute Gasteiger partial charge is 0.319 e. The number of carbonyl (C=O) groups excluding carboxylic acids is 2. The number of benzene rings is 2. The molecule has 1 unspecified atom stereocenters. The van der Waals surface area contributed by atoms with Crippen LogP contribution in [0.15, 0.2) is 96.1 Å². The van der Waals surface area contributed by atoms with Gasteiger partial charge in [0, 0.05) is 31.2 Å². The van der Waals surface area contributed by atoms with Gasteiger partial charge in [0.15, 0.2) is 6.20 Å². The van der Waals surface area contributed by atoms with E-state index in [1.54, 1.807) is 29.4 Å². The van der Waals surface area contributed by atoms with Gasteiger partial charge in [-0.3, -0.25) is 9.69 Å². The summed E-state index contributed by atoms with van der Waals surface area (Å²) in [5, 5.41) is 9.52. The molecule has 1 aromatic heterocycles. The number of nitrogens with one attached hydrogen (secondary N) is 3. The fourth-order valence-electron chi connectivity index (χ4n) is 5.49. The molecule has 1 radical (unpaired) electrons. The van der Waals surface area contributed by atoms with E-state index in [9.17, 15) is 9.59 Å². The van der Waals surface area contributed by atoms with Crippen LogP contribution in [0.4, 0.5) is 22.0 Å². The van der Waals surface area contributed by atoms with E-state index in [1.807, 2.05) is 72.8 Å². The normalized spacial score (nSPS) is 17.0. The van der Waals surface area contributed by atoms with Gasteiger partial charge in [-0.2, -0.15) is 4.99 Å². The van der Waals surface area contributed by atoms with Crippen LogP contribution >= 0.6 is 0 Å². The third-order valence-corrected chi connectivity index (χ3v) is 7.90. The highest BCUT2D eigenvalue weighted by Gasteiger charge is 2.37. The van der Waals surface area contributed by atoms with Crippen LogP contribution in [0.3, 0.4) is 0 Å². The first kappa shape index (κ1) is 29.1. The fraction of sp³-hybridized carbons (Fsp3) is 0.273. The van der Waals surface area contributed by atoms with Crippen molar-refractivity contribution in [2.24, 2.45) is 4.99 Å². The molecule has 0 bridgehead atoms. The maximum absolute atomic E-state index is 13.0. The van der Waals surface area contributed by atoms with Crippen molar-refractivity contribution in [3.63, 3.8) is 0 Å². The molecular formula is C33H36N8O3+. The second kappa shape index (κ2) is 13.1. The molecule has 3 aliphatic heterocycles. The van der Waals surface area contributed by atoms with Crippen molar-refractivity contribution in [2.75, 3.05) is 48.5 Å². The molecule has 0 spiro atoms. The highest BCUT2D eigenvalue weighted by molar-refractivity contribution is 6.06. The second-order valence-corrected chi connectivity index (χ2v) is 10.8. The van der Waals surface area contributed by atoms with Crippen molar-refractivity contribution in [3.8, 4) is 0 Å². The number of amidine groups is 1. The van der Waals surface area contributed by atoms with E-state index in [1.165, 1.54) is 0 Å². The standard InChI is InChI=1S/C33H36N8O3/c1-3-26(24-8-5-4-6-9-24)37-33(43)38-27-10-7-11-29(23(27)2)41-21-28(31-34-14-15-40(31)22-41)36-30-13-12-25(20-35-30)32(42)39-16-18-44-19-17-39/h4-15,20-21,26H,3,16-19,22H2,1-2H3,(H,35,36)(H2,37,38,43)/q+1. The summed E-state index contributed by atoms with van der Waals surface area (Å²) < 4.78 is 5.36. The molecule has 1 fully saturated rings. The Hall–Kier alpha value is -5.00. The topological polar surface area (TPSA) is 117 Å². The van der Waals surface area contributed by atoms with Gasteiger partial charge in [-0.1, -0.05) is 48.2 Å². The van der Waals surface area contributed by atoms with Crippen molar-refractivity contribution < 1.29 is 14.3 Å². The molecule has 2 aromatic carbocycles. The average molecular weight is 593 g/mol. The van der Waals surface area contributed by atoms with Crippen LogP contribution in [0, 0.1) is 6.92 Å². The van der Waals surface area contributed by atoms with Gasteiger partial charge in [0.05, 0.1) is 36.7 Å². The minimum atomic E-state index is -0.254. The number of anilines is 3. The van der Waals surface area contributed by atoms with E-state index in [0.29, 0.717) is 44.4 Å². The zero-order valence-corrected chi connectivity index (χ0v) is 24.9. The number of urea groups is 1. The van der Waals surface area contributed by atoms with Crippen LogP contribution < -0.4 is 25.8 Å². The first-order valence-electron chi connectivity index (χ1n) is 14.8. The highest BCUT2D eigenvalue weighted by Crippen LogP contribution is 2.30. The maximum Gasteiger partial charge on any atom is 0.319 e. The van der Waals surface area contributed by atoms with Crippen LogP contribution in [-0.2, 0) is 4.74 Å². The molecule has 6 rings (SSSR count). The van der Waals surface area contributed by atoms with Crippen molar-refractivity contribution >= 4 is 35.0 Å². The average Bonchev–Trinajstić information content (AvgIpc) is 3.55. The lowest BCUT2D eigenvalue weighted by molar-refractivity contribution is 0.0302. The first-order chi connectivity index (χ1) is 21.5. The summed E-state index contributed by atoms with van der Waals surface area (Å²) in [7, 11) is 0. The summed E-state index contributed by atoms with van der Waals surface area (Å²) >= 11 is 0. The van der Waals surface area contributed by atoms with Gasteiger partial charge >= 0.3 is 11.9 Å². The number of carbonyl (C=O) groups is 2. The Morgan fingerprint density at radius 1 is 1.05 bits per heavy atom. The molecule has 3 aromatic rings. The lowest BCUT2D eigenvalue weighted by Crippen LogP contribution is -2.46. The number of morpholine rings is 1. The van der Waals surface area contributed by atoms with Gasteiger partial charge in [0.25, 0.3) is 5.91 Å². The van der Waals surface area contributed by atoms with Crippen molar-refractivity contribution in [2.45, 2.75) is 26.3 Å². The molecule has 3 N–H and O–H groups in total. The molecule has 3 amide bonds. The third-order valence-electron chi connectivity index (χ3n) is 7.90. The summed E-state index contributed by atoms with van der Waals surface area (Å²) in [6, 6.07) is 19.1. The van der Waals surface area contributed by atoms with Crippen LogP contribution in [0.1, 0.15) is 40.9 Å². The van der Waals surface area contributed by atoms with Gasteiger partial charge in [-0.25, -0.2) is 9.78 Å². The number of nitrogens with zero attached hydrogens (tertiary/aromatic N) is 5. The minimum Gasteiger partial charge on any atom is -0.378 e. The zero-order valence-electron chi connectivity index (χ0n) is 24.9. The molecule has 0 aliphatic carbocycles. The molecule has 44 heavy (non-hydrogen) atoms. The first-order valence-corrected chi connectivity index (χ1v) is 14.8. The summed E-state index contributed by atoms with van der Waals surface area (Å²) in [5.41, 5.74) is 4.96. The van der Waals surface area contributed by atoms with E-state index in [4.69, 9.17) is 4.74 Å². The number of aliphatic imine (C=N–C) groups is 1. The number of aromatic nitrogens is 1. The lowest BCUT2D eigenvalue weighted by atomic mass is 10.1. The summed E-state index contributed by atoms with van der Waals surface area (Å²) in [5.74, 6) is 1.32. The van der Waals surface area contributed by atoms with E-state index in [-0.39, 0.29) is 18.0 Å². The number of ether oxygens (including phenoxy) is 1. The predicted octanol–water partition coefficient (Wildman–Crippen LogP) is 4.89. The van der Waals surface area contributed by atoms with Gasteiger partial charge < -0.3 is 25.6 Å². The SMILES string of the molecule is CCC(NC(=O)Nc1cccc(N2C=C(Nc3ccc(C(=O)N4CCOCC4)cn3)C3=NC=C[N+]3C2)c1C)c1ccccc1. The molecule has 3 aliphatic rings. The number of rotatable bonds is 8. The Kier molecular flexibility index (Phi) is 8.67. The van der Waals surface area contributed by atoms with Crippen LogP contribution in [-0.4, -0.2) is 60.6 Å². The van der Waals surface area contributed by atoms with Crippen molar-refractivity contribution in [1.82, 2.24) is 20.1 Å². The molecule has 0 saturated carbocycles. The van der Waals surface area contributed by atoms with E-state index in [0.717, 1.165) is 40.5 Å². The van der Waals surface area contributed by atoms with E-state index in [2.05, 4.69) is 37.8 Å². The number of hydrogen-bond acceptors (Lipinski definition) is 8. The number of pyridine rings is 1. The Morgan fingerprint density at radius 2 is 1.86 bits per heavy atom. The Balaban J connectivity index is 1.18. The minimum absolute atomic E-state index is 0.0473.